The van der Waals surface area contributed by atoms with Crippen LogP contribution >= 0.6 is 0 Å². The minimum atomic E-state index is -0.851. The molecule has 94 valence electrons. The van der Waals surface area contributed by atoms with Crippen LogP contribution in [-0.4, -0.2) is 48.3 Å². The summed E-state index contributed by atoms with van der Waals surface area (Å²) in [6, 6.07) is 9.08. The number of ether oxygens (including phenoxy) is 1. The molecule has 0 bridgehead atoms. The maximum Gasteiger partial charge on any atom is 0.323 e. The standard InChI is InChI=1S/C14H15NO3/c16-14(17)13-11-18-10-9-15(13)8-4-7-12-5-2-1-3-6-12/h1-3,5-6,13H,8-11H2,(H,16,17). The predicted molar refractivity (Wildman–Crippen MR) is 67.1 cm³/mol. The van der Waals surface area contributed by atoms with Crippen molar-refractivity contribution >= 4 is 5.97 Å². The number of hydrogen-bond acceptors (Lipinski definition) is 3. The number of aliphatic carboxylic acids is 1. The van der Waals surface area contributed by atoms with Crippen LogP contribution in [0, 0.1) is 11.8 Å². The lowest BCUT2D eigenvalue weighted by Crippen LogP contribution is -2.49. The van der Waals surface area contributed by atoms with E-state index in [1.807, 2.05) is 35.2 Å². The highest BCUT2D eigenvalue weighted by Crippen LogP contribution is 2.06. The molecule has 1 aromatic carbocycles. The van der Waals surface area contributed by atoms with Gasteiger partial charge >= 0.3 is 5.97 Å². The molecule has 1 heterocycles. The summed E-state index contributed by atoms with van der Waals surface area (Å²) in [5, 5.41) is 9.06. The van der Waals surface area contributed by atoms with Gasteiger partial charge in [-0.05, 0) is 12.1 Å². The van der Waals surface area contributed by atoms with Crippen molar-refractivity contribution in [2.24, 2.45) is 0 Å². The molecule has 0 spiro atoms. The van der Waals surface area contributed by atoms with E-state index < -0.39 is 12.0 Å². The van der Waals surface area contributed by atoms with Gasteiger partial charge < -0.3 is 9.84 Å². The van der Waals surface area contributed by atoms with Gasteiger partial charge in [-0.25, -0.2) is 0 Å². The average Bonchev–Trinajstić information content (AvgIpc) is 2.40. The highest BCUT2D eigenvalue weighted by molar-refractivity contribution is 5.73. The maximum atomic E-state index is 11.0. The zero-order valence-corrected chi connectivity index (χ0v) is 10.0. The van der Waals surface area contributed by atoms with Crippen LogP contribution in [0.1, 0.15) is 5.56 Å². The van der Waals surface area contributed by atoms with Gasteiger partial charge in [0.15, 0.2) is 0 Å². The number of benzene rings is 1. The van der Waals surface area contributed by atoms with Crippen molar-refractivity contribution in [2.45, 2.75) is 6.04 Å². The molecule has 2 rings (SSSR count). The Bertz CT molecular complexity index is 461. The first-order valence-corrected chi connectivity index (χ1v) is 5.86. The summed E-state index contributed by atoms with van der Waals surface area (Å²) in [5.41, 5.74) is 0.942. The smallest absolute Gasteiger partial charge is 0.323 e. The van der Waals surface area contributed by atoms with Crippen LogP contribution in [0.5, 0.6) is 0 Å². The number of nitrogens with zero attached hydrogens (tertiary/aromatic N) is 1. The minimum absolute atomic E-state index is 0.238. The molecule has 1 fully saturated rings. The predicted octanol–water partition coefficient (Wildman–Crippen LogP) is 0.823. The summed E-state index contributed by atoms with van der Waals surface area (Å²) in [5.74, 6) is 5.19. The molecule has 1 aliphatic heterocycles. The SMILES string of the molecule is O=C(O)C1COCCN1CC#Cc1ccccc1. The molecular weight excluding hydrogens is 230 g/mol. The minimum Gasteiger partial charge on any atom is -0.480 e. The van der Waals surface area contributed by atoms with Crippen LogP contribution in [0.2, 0.25) is 0 Å². The number of carboxylic acid groups (broad SMARTS) is 1. The lowest BCUT2D eigenvalue weighted by Gasteiger charge is -2.30. The molecule has 0 aromatic heterocycles. The van der Waals surface area contributed by atoms with Crippen molar-refractivity contribution in [1.82, 2.24) is 4.90 Å². The van der Waals surface area contributed by atoms with Crippen LogP contribution in [0.4, 0.5) is 0 Å². The number of carboxylic acids is 1. The third kappa shape index (κ3) is 3.33. The van der Waals surface area contributed by atoms with Gasteiger partial charge in [0.1, 0.15) is 6.04 Å². The van der Waals surface area contributed by atoms with E-state index in [1.165, 1.54) is 0 Å². The zero-order valence-electron chi connectivity index (χ0n) is 10.0. The van der Waals surface area contributed by atoms with Gasteiger partial charge in [-0.3, -0.25) is 9.69 Å². The Labute approximate surface area is 106 Å². The first-order valence-electron chi connectivity index (χ1n) is 5.86. The number of morpholine rings is 1. The summed E-state index contributed by atoms with van der Waals surface area (Å²) in [7, 11) is 0. The lowest BCUT2D eigenvalue weighted by atomic mass is 10.2. The molecule has 0 radical (unpaired) electrons. The topological polar surface area (TPSA) is 49.8 Å². The first kappa shape index (κ1) is 12.6. The second-order valence-corrected chi connectivity index (χ2v) is 4.07. The molecule has 1 aromatic rings. The molecule has 1 aliphatic rings. The van der Waals surface area contributed by atoms with Crippen LogP contribution < -0.4 is 0 Å². The fourth-order valence-electron chi connectivity index (χ4n) is 1.82. The van der Waals surface area contributed by atoms with Gasteiger partial charge in [0, 0.05) is 12.1 Å². The lowest BCUT2D eigenvalue weighted by molar-refractivity contribution is -0.148. The van der Waals surface area contributed by atoms with Crippen molar-refractivity contribution < 1.29 is 14.6 Å². The molecule has 1 N–H and O–H groups in total. The third-order valence-corrected chi connectivity index (χ3v) is 2.81. The van der Waals surface area contributed by atoms with Crippen LogP contribution in [0.15, 0.2) is 30.3 Å². The molecule has 4 nitrogen and oxygen atoms in total. The summed E-state index contributed by atoms with van der Waals surface area (Å²) in [4.78, 5) is 12.9. The fraction of sp³-hybridized carbons (Fsp3) is 0.357. The summed E-state index contributed by atoms with van der Waals surface area (Å²) in [6.45, 7) is 1.87. The van der Waals surface area contributed by atoms with E-state index in [2.05, 4.69) is 11.8 Å². The van der Waals surface area contributed by atoms with E-state index in [-0.39, 0.29) is 6.61 Å². The fourth-order valence-corrected chi connectivity index (χ4v) is 1.82. The summed E-state index contributed by atoms with van der Waals surface area (Å²) in [6.07, 6.45) is 0. The Balaban J connectivity index is 1.96. The molecule has 1 saturated heterocycles. The van der Waals surface area contributed by atoms with Gasteiger partial charge in [-0.1, -0.05) is 30.0 Å². The van der Waals surface area contributed by atoms with E-state index in [1.54, 1.807) is 0 Å². The van der Waals surface area contributed by atoms with Crippen molar-refractivity contribution in [2.75, 3.05) is 26.3 Å². The molecule has 18 heavy (non-hydrogen) atoms. The Morgan fingerprint density at radius 2 is 2.22 bits per heavy atom. The van der Waals surface area contributed by atoms with Crippen molar-refractivity contribution in [3.05, 3.63) is 35.9 Å². The van der Waals surface area contributed by atoms with E-state index in [4.69, 9.17) is 9.84 Å². The Hall–Kier alpha value is -1.83. The molecule has 4 heteroatoms. The molecule has 0 amide bonds. The second-order valence-electron chi connectivity index (χ2n) is 4.07. The van der Waals surface area contributed by atoms with Gasteiger partial charge in [0.25, 0.3) is 0 Å². The summed E-state index contributed by atoms with van der Waals surface area (Å²) >= 11 is 0. The van der Waals surface area contributed by atoms with E-state index in [9.17, 15) is 4.79 Å². The monoisotopic (exact) mass is 245 g/mol. The Morgan fingerprint density at radius 3 is 2.94 bits per heavy atom. The number of hydrogen-bond donors (Lipinski definition) is 1. The number of carbonyl (C=O) groups is 1. The van der Waals surface area contributed by atoms with Gasteiger partial charge in [-0.2, -0.15) is 0 Å². The zero-order chi connectivity index (χ0) is 12.8. The molecule has 0 saturated carbocycles. The van der Waals surface area contributed by atoms with Gasteiger partial charge in [-0.15, -0.1) is 0 Å². The summed E-state index contributed by atoms with van der Waals surface area (Å²) < 4.78 is 5.17. The van der Waals surface area contributed by atoms with Crippen LogP contribution in [0.25, 0.3) is 0 Å². The van der Waals surface area contributed by atoms with E-state index in [0.717, 1.165) is 5.56 Å². The largest absolute Gasteiger partial charge is 0.480 e. The highest BCUT2D eigenvalue weighted by Gasteiger charge is 2.28. The molecule has 0 aliphatic carbocycles. The quantitative estimate of drug-likeness (QED) is 0.784. The maximum absolute atomic E-state index is 11.0. The normalized spacial score (nSPS) is 19.9. The Kier molecular flexibility index (Phi) is 4.35. The van der Waals surface area contributed by atoms with Crippen molar-refractivity contribution in [3.63, 3.8) is 0 Å². The van der Waals surface area contributed by atoms with Crippen molar-refractivity contribution in [3.8, 4) is 11.8 Å². The van der Waals surface area contributed by atoms with Gasteiger partial charge in [0.2, 0.25) is 0 Å². The second kappa shape index (κ2) is 6.20. The first-order chi connectivity index (χ1) is 8.77. The van der Waals surface area contributed by atoms with E-state index in [0.29, 0.717) is 19.7 Å². The number of rotatable bonds is 2. The van der Waals surface area contributed by atoms with Gasteiger partial charge in [0.05, 0.1) is 19.8 Å². The van der Waals surface area contributed by atoms with Crippen LogP contribution in [-0.2, 0) is 9.53 Å². The third-order valence-electron chi connectivity index (χ3n) is 2.81. The van der Waals surface area contributed by atoms with Crippen molar-refractivity contribution in [1.29, 1.82) is 0 Å². The molecule has 1 unspecified atom stereocenters. The highest BCUT2D eigenvalue weighted by atomic mass is 16.5. The van der Waals surface area contributed by atoms with Crippen LogP contribution in [0.3, 0.4) is 0 Å². The average molecular weight is 245 g/mol. The Morgan fingerprint density at radius 1 is 1.44 bits per heavy atom. The van der Waals surface area contributed by atoms with E-state index >= 15 is 0 Å². The molecule has 1 atom stereocenters. The molecular formula is C14H15NO3.